The van der Waals surface area contributed by atoms with Crippen LogP contribution in [0.3, 0.4) is 0 Å². The van der Waals surface area contributed by atoms with Gasteiger partial charge in [-0.3, -0.25) is 4.72 Å². The van der Waals surface area contributed by atoms with E-state index >= 15 is 0 Å². The summed E-state index contributed by atoms with van der Waals surface area (Å²) in [6.07, 6.45) is 0. The number of hydrogen-bond acceptors (Lipinski definition) is 5. The summed E-state index contributed by atoms with van der Waals surface area (Å²) in [5.41, 5.74) is 2.79. The second-order valence-electron chi connectivity index (χ2n) is 6.40. The molecule has 4 rings (SSSR count). The molecule has 0 amide bonds. The molecule has 0 unspecified atom stereocenters. The summed E-state index contributed by atoms with van der Waals surface area (Å²) in [6.45, 7) is 1.68. The van der Waals surface area contributed by atoms with E-state index in [0.29, 0.717) is 16.3 Å². The standard InChI is InChI=1S/C21H17ClN2O3S2/c1-13-17(22)4-3-5-20(13)29(25,26)24-15-8-6-14(7-9-15)21-23-18-11-10-16(27-2)12-19(18)28-21/h3-12,24H,1-2H3. The molecular formula is C21H17ClN2O3S2. The molecule has 29 heavy (non-hydrogen) atoms. The molecular weight excluding hydrogens is 428 g/mol. The third-order valence-corrected chi connectivity index (χ3v) is 7.49. The molecule has 3 aromatic carbocycles. The molecule has 0 saturated carbocycles. The zero-order valence-corrected chi connectivity index (χ0v) is 18.0. The Morgan fingerprint density at radius 1 is 1.07 bits per heavy atom. The Hall–Kier alpha value is -2.61. The molecule has 5 nitrogen and oxygen atoms in total. The highest BCUT2D eigenvalue weighted by molar-refractivity contribution is 7.92. The Morgan fingerprint density at radius 3 is 2.55 bits per heavy atom. The van der Waals surface area contributed by atoms with Gasteiger partial charge in [0.1, 0.15) is 10.8 Å². The molecule has 1 aromatic heterocycles. The molecule has 0 aliphatic carbocycles. The topological polar surface area (TPSA) is 68.3 Å². The van der Waals surface area contributed by atoms with Gasteiger partial charge in [-0.2, -0.15) is 0 Å². The van der Waals surface area contributed by atoms with Gasteiger partial charge in [0, 0.05) is 16.3 Å². The smallest absolute Gasteiger partial charge is 0.262 e. The molecule has 1 N–H and O–H groups in total. The lowest BCUT2D eigenvalue weighted by molar-refractivity contribution is 0.415. The predicted molar refractivity (Wildman–Crippen MR) is 119 cm³/mol. The van der Waals surface area contributed by atoms with Gasteiger partial charge in [-0.25, -0.2) is 13.4 Å². The van der Waals surface area contributed by atoms with E-state index in [1.807, 2.05) is 30.3 Å². The highest BCUT2D eigenvalue weighted by atomic mass is 35.5. The van der Waals surface area contributed by atoms with Crippen molar-refractivity contribution < 1.29 is 13.2 Å². The molecule has 1 heterocycles. The Morgan fingerprint density at radius 2 is 1.83 bits per heavy atom. The van der Waals surface area contributed by atoms with E-state index in [-0.39, 0.29) is 4.90 Å². The lowest BCUT2D eigenvalue weighted by atomic mass is 10.2. The second kappa shape index (κ2) is 7.67. The van der Waals surface area contributed by atoms with Gasteiger partial charge >= 0.3 is 0 Å². The summed E-state index contributed by atoms with van der Waals surface area (Å²) in [4.78, 5) is 4.80. The number of anilines is 1. The normalized spacial score (nSPS) is 11.6. The molecule has 0 spiro atoms. The van der Waals surface area contributed by atoms with Crippen LogP contribution in [0.4, 0.5) is 5.69 Å². The molecule has 0 radical (unpaired) electrons. The molecule has 0 bridgehead atoms. The van der Waals surface area contributed by atoms with Crippen LogP contribution in [0.2, 0.25) is 5.02 Å². The van der Waals surface area contributed by atoms with Crippen LogP contribution in [-0.4, -0.2) is 20.5 Å². The van der Waals surface area contributed by atoms with Crippen molar-refractivity contribution in [3.63, 3.8) is 0 Å². The van der Waals surface area contributed by atoms with Gasteiger partial charge in [-0.15, -0.1) is 11.3 Å². The Labute approximate surface area is 178 Å². The average Bonchev–Trinajstić information content (AvgIpc) is 3.13. The van der Waals surface area contributed by atoms with Crippen LogP contribution in [-0.2, 0) is 10.0 Å². The highest BCUT2D eigenvalue weighted by Crippen LogP contribution is 2.33. The molecule has 0 saturated heterocycles. The van der Waals surface area contributed by atoms with Crippen molar-refractivity contribution in [2.75, 3.05) is 11.8 Å². The summed E-state index contributed by atoms with van der Waals surface area (Å²) >= 11 is 7.61. The molecule has 148 valence electrons. The van der Waals surface area contributed by atoms with E-state index in [1.165, 1.54) is 6.07 Å². The Bertz CT molecular complexity index is 1300. The van der Waals surface area contributed by atoms with E-state index < -0.39 is 10.0 Å². The molecule has 4 aromatic rings. The van der Waals surface area contributed by atoms with Crippen molar-refractivity contribution in [1.82, 2.24) is 4.98 Å². The number of ether oxygens (including phenoxy) is 1. The van der Waals surface area contributed by atoms with E-state index in [2.05, 4.69) is 9.71 Å². The van der Waals surface area contributed by atoms with Crippen molar-refractivity contribution in [2.24, 2.45) is 0 Å². The first-order chi connectivity index (χ1) is 13.9. The number of methoxy groups -OCH3 is 1. The van der Waals surface area contributed by atoms with Gasteiger partial charge in [0.25, 0.3) is 10.0 Å². The fraction of sp³-hybridized carbons (Fsp3) is 0.0952. The van der Waals surface area contributed by atoms with E-state index in [4.69, 9.17) is 16.3 Å². The van der Waals surface area contributed by atoms with E-state index in [0.717, 1.165) is 26.5 Å². The van der Waals surface area contributed by atoms with Crippen molar-refractivity contribution in [2.45, 2.75) is 11.8 Å². The third-order valence-electron chi connectivity index (χ3n) is 4.49. The van der Waals surface area contributed by atoms with Crippen LogP contribution in [0.1, 0.15) is 5.56 Å². The largest absolute Gasteiger partial charge is 0.497 e. The number of thiazole rings is 1. The summed E-state index contributed by atoms with van der Waals surface area (Å²) in [5.74, 6) is 0.786. The second-order valence-corrected chi connectivity index (χ2v) is 9.49. The minimum absolute atomic E-state index is 0.161. The SMILES string of the molecule is COc1ccc2nc(-c3ccc(NS(=O)(=O)c4cccc(Cl)c4C)cc3)sc2c1. The minimum Gasteiger partial charge on any atom is -0.497 e. The van der Waals surface area contributed by atoms with Crippen LogP contribution in [0, 0.1) is 6.92 Å². The average molecular weight is 445 g/mol. The monoisotopic (exact) mass is 444 g/mol. The number of fused-ring (bicyclic) bond motifs is 1. The van der Waals surface area contributed by atoms with Crippen LogP contribution in [0.5, 0.6) is 5.75 Å². The molecule has 0 fully saturated rings. The van der Waals surface area contributed by atoms with Gasteiger partial charge in [0.2, 0.25) is 0 Å². The van der Waals surface area contributed by atoms with Gasteiger partial charge < -0.3 is 4.74 Å². The van der Waals surface area contributed by atoms with Gasteiger partial charge in [-0.05, 0) is 67.1 Å². The number of nitrogens with zero attached hydrogens (tertiary/aromatic N) is 1. The van der Waals surface area contributed by atoms with Crippen LogP contribution < -0.4 is 9.46 Å². The summed E-state index contributed by atoms with van der Waals surface area (Å²) < 4.78 is 34.3. The lowest BCUT2D eigenvalue weighted by Gasteiger charge is -2.11. The lowest BCUT2D eigenvalue weighted by Crippen LogP contribution is -2.14. The zero-order chi connectivity index (χ0) is 20.6. The fourth-order valence-corrected chi connectivity index (χ4v) is 5.48. The number of halogens is 1. The Balaban J connectivity index is 1.60. The predicted octanol–water partition coefficient (Wildman–Crippen LogP) is 5.73. The maximum atomic E-state index is 12.7. The first-order valence-electron chi connectivity index (χ1n) is 8.70. The van der Waals surface area contributed by atoms with Crippen LogP contribution in [0.25, 0.3) is 20.8 Å². The highest BCUT2D eigenvalue weighted by Gasteiger charge is 2.18. The number of sulfonamides is 1. The quantitative estimate of drug-likeness (QED) is 0.426. The van der Waals surface area contributed by atoms with Gasteiger partial charge in [0.05, 0.1) is 22.2 Å². The maximum absolute atomic E-state index is 12.7. The zero-order valence-electron chi connectivity index (χ0n) is 15.6. The fourth-order valence-electron chi connectivity index (χ4n) is 2.93. The van der Waals surface area contributed by atoms with Crippen LogP contribution in [0.15, 0.2) is 65.6 Å². The van der Waals surface area contributed by atoms with E-state index in [1.54, 1.807) is 49.6 Å². The Kier molecular flexibility index (Phi) is 5.21. The van der Waals surface area contributed by atoms with Crippen molar-refractivity contribution in [1.29, 1.82) is 0 Å². The first-order valence-corrected chi connectivity index (χ1v) is 11.4. The number of rotatable bonds is 5. The molecule has 0 atom stereocenters. The van der Waals surface area contributed by atoms with Crippen molar-refractivity contribution in [3.05, 3.63) is 71.2 Å². The van der Waals surface area contributed by atoms with Gasteiger partial charge in [0.15, 0.2) is 0 Å². The number of aromatic nitrogens is 1. The molecule has 8 heteroatoms. The summed E-state index contributed by atoms with van der Waals surface area (Å²) in [6, 6.07) is 17.7. The summed E-state index contributed by atoms with van der Waals surface area (Å²) in [7, 11) is -2.10. The van der Waals surface area contributed by atoms with Gasteiger partial charge in [-0.1, -0.05) is 17.7 Å². The maximum Gasteiger partial charge on any atom is 0.262 e. The van der Waals surface area contributed by atoms with Crippen molar-refractivity contribution in [3.8, 4) is 16.3 Å². The first kappa shape index (κ1) is 19.7. The molecule has 0 aliphatic heterocycles. The number of benzene rings is 3. The number of hydrogen-bond donors (Lipinski definition) is 1. The third kappa shape index (κ3) is 3.94. The number of nitrogens with one attached hydrogen (secondary N) is 1. The minimum atomic E-state index is -3.73. The summed E-state index contributed by atoms with van der Waals surface area (Å²) in [5, 5.41) is 1.27. The van der Waals surface area contributed by atoms with E-state index in [9.17, 15) is 8.42 Å². The molecule has 0 aliphatic rings. The van der Waals surface area contributed by atoms with Crippen LogP contribution >= 0.6 is 22.9 Å². The van der Waals surface area contributed by atoms with Crippen molar-refractivity contribution >= 4 is 48.9 Å².